The number of anilines is 2. The number of benzene rings is 1. The molecule has 146 valence electrons. The largest absolute Gasteiger partial charge is 0.380 e. The van der Waals surface area contributed by atoms with E-state index in [1.54, 1.807) is 0 Å². The molecule has 0 spiro atoms. The van der Waals surface area contributed by atoms with Gasteiger partial charge in [0.1, 0.15) is 0 Å². The molecular weight excluding hydrogens is 332 g/mol. The molecule has 1 N–H and O–H groups in total. The predicted octanol–water partition coefficient (Wildman–Crippen LogP) is 4.78. The molecule has 0 aliphatic carbocycles. The van der Waals surface area contributed by atoms with Crippen molar-refractivity contribution in [3.05, 3.63) is 54.2 Å². The molecule has 0 unspecified atom stereocenters. The lowest BCUT2D eigenvalue weighted by molar-refractivity contribution is 0.201. The van der Waals surface area contributed by atoms with Crippen LogP contribution in [0.4, 0.5) is 11.5 Å². The summed E-state index contributed by atoms with van der Waals surface area (Å²) in [4.78, 5) is 9.89. The average Bonchev–Trinajstić information content (AvgIpc) is 2.68. The van der Waals surface area contributed by atoms with Crippen molar-refractivity contribution >= 4 is 11.5 Å². The molecule has 0 radical (unpaired) electrons. The van der Waals surface area contributed by atoms with Crippen molar-refractivity contribution in [3.8, 4) is 0 Å². The Labute approximate surface area is 164 Å². The van der Waals surface area contributed by atoms with Gasteiger partial charge in [-0.15, -0.1) is 0 Å². The zero-order valence-electron chi connectivity index (χ0n) is 17.1. The normalized spacial score (nSPS) is 15.9. The maximum absolute atomic E-state index is 4.76. The van der Waals surface area contributed by atoms with Crippen LogP contribution in [-0.4, -0.2) is 41.6 Å². The quantitative estimate of drug-likeness (QED) is 0.728. The molecule has 1 aromatic carbocycles. The second-order valence-corrected chi connectivity index (χ2v) is 7.86. The number of aromatic nitrogens is 1. The van der Waals surface area contributed by atoms with Gasteiger partial charge in [-0.25, -0.2) is 4.98 Å². The van der Waals surface area contributed by atoms with E-state index in [0.29, 0.717) is 12.1 Å². The van der Waals surface area contributed by atoms with E-state index in [2.05, 4.69) is 72.3 Å². The Morgan fingerprint density at radius 2 is 1.85 bits per heavy atom. The summed E-state index contributed by atoms with van der Waals surface area (Å²) in [5.41, 5.74) is 2.57. The van der Waals surface area contributed by atoms with Crippen LogP contribution in [-0.2, 0) is 6.54 Å². The number of likely N-dealkylation sites (tertiary alicyclic amines) is 1. The topological polar surface area (TPSA) is 31.4 Å². The first-order chi connectivity index (χ1) is 13.2. The first-order valence-electron chi connectivity index (χ1n) is 10.4. The zero-order chi connectivity index (χ0) is 19.1. The van der Waals surface area contributed by atoms with E-state index in [-0.39, 0.29) is 0 Å². The fourth-order valence-electron chi connectivity index (χ4n) is 3.98. The van der Waals surface area contributed by atoms with Gasteiger partial charge in [0.2, 0.25) is 0 Å². The van der Waals surface area contributed by atoms with E-state index in [0.717, 1.165) is 44.1 Å². The summed E-state index contributed by atoms with van der Waals surface area (Å²) in [5, 5.41) is 3.58. The summed E-state index contributed by atoms with van der Waals surface area (Å²) < 4.78 is 0. The van der Waals surface area contributed by atoms with Crippen LogP contribution in [0.3, 0.4) is 0 Å². The summed E-state index contributed by atoms with van der Waals surface area (Å²) in [6.07, 6.45) is 5.46. The smallest absolute Gasteiger partial charge is 0.152 e. The minimum atomic E-state index is 0.407. The molecular formula is C23H34N4. The first-order valence-corrected chi connectivity index (χ1v) is 10.4. The van der Waals surface area contributed by atoms with Gasteiger partial charge in [-0.3, -0.25) is 4.90 Å². The third-order valence-electron chi connectivity index (χ3n) is 5.21. The number of piperidine rings is 1. The molecule has 0 atom stereocenters. The fraction of sp³-hybridized carbons (Fsp3) is 0.522. The first kappa shape index (κ1) is 19.7. The van der Waals surface area contributed by atoms with Gasteiger partial charge in [0.15, 0.2) is 5.82 Å². The highest BCUT2D eigenvalue weighted by atomic mass is 15.2. The molecule has 2 heterocycles. The van der Waals surface area contributed by atoms with E-state index in [9.17, 15) is 0 Å². The van der Waals surface area contributed by atoms with Crippen LogP contribution >= 0.6 is 0 Å². The third kappa shape index (κ3) is 5.46. The van der Waals surface area contributed by atoms with Gasteiger partial charge in [0.05, 0.1) is 5.69 Å². The van der Waals surface area contributed by atoms with Gasteiger partial charge in [-0.05, 0) is 50.8 Å². The molecule has 1 aromatic heterocycles. The highest BCUT2D eigenvalue weighted by Gasteiger charge is 2.26. The molecule has 3 rings (SSSR count). The van der Waals surface area contributed by atoms with Gasteiger partial charge in [-0.2, -0.15) is 0 Å². The molecule has 2 aromatic rings. The number of pyridine rings is 1. The molecule has 0 amide bonds. The SMILES string of the molecule is CCCN(c1ncccc1NC(C)C)C1CCN(Cc2ccccc2)CC1. The van der Waals surface area contributed by atoms with Crippen molar-refractivity contribution < 1.29 is 0 Å². The minimum absolute atomic E-state index is 0.407. The van der Waals surface area contributed by atoms with Crippen LogP contribution in [0.2, 0.25) is 0 Å². The standard InChI is InChI=1S/C23H34N4/c1-4-15-27(23-22(25-19(2)3)11-8-14-24-23)21-12-16-26(17-13-21)18-20-9-6-5-7-10-20/h5-11,14,19,21,25H,4,12-13,15-18H2,1-3H3. The molecule has 0 bridgehead atoms. The van der Waals surface area contributed by atoms with Gasteiger partial charge in [0, 0.05) is 44.5 Å². The van der Waals surface area contributed by atoms with Crippen LogP contribution in [0.5, 0.6) is 0 Å². The summed E-state index contributed by atoms with van der Waals surface area (Å²) >= 11 is 0. The van der Waals surface area contributed by atoms with Crippen LogP contribution in [0, 0.1) is 0 Å². The van der Waals surface area contributed by atoms with Gasteiger partial charge < -0.3 is 10.2 Å². The van der Waals surface area contributed by atoms with Crippen molar-refractivity contribution in [1.29, 1.82) is 0 Å². The summed E-state index contributed by atoms with van der Waals surface area (Å²) in [6.45, 7) is 11.1. The van der Waals surface area contributed by atoms with E-state index >= 15 is 0 Å². The summed E-state index contributed by atoms with van der Waals surface area (Å²) in [7, 11) is 0. The van der Waals surface area contributed by atoms with E-state index < -0.39 is 0 Å². The number of nitrogens with one attached hydrogen (secondary N) is 1. The molecule has 1 aliphatic heterocycles. The molecule has 27 heavy (non-hydrogen) atoms. The average molecular weight is 367 g/mol. The molecule has 1 saturated heterocycles. The summed E-state index contributed by atoms with van der Waals surface area (Å²) in [5.74, 6) is 1.12. The zero-order valence-corrected chi connectivity index (χ0v) is 17.1. The highest BCUT2D eigenvalue weighted by Crippen LogP contribution is 2.29. The molecule has 4 heteroatoms. The van der Waals surface area contributed by atoms with Crippen molar-refractivity contribution in [1.82, 2.24) is 9.88 Å². The molecule has 1 fully saturated rings. The van der Waals surface area contributed by atoms with Gasteiger partial charge in [-0.1, -0.05) is 37.3 Å². The lowest BCUT2D eigenvalue weighted by atomic mass is 10.0. The summed E-state index contributed by atoms with van der Waals surface area (Å²) in [6, 6.07) is 16.0. The van der Waals surface area contributed by atoms with Gasteiger partial charge >= 0.3 is 0 Å². The predicted molar refractivity (Wildman–Crippen MR) is 115 cm³/mol. The second-order valence-electron chi connectivity index (χ2n) is 7.86. The van der Waals surface area contributed by atoms with E-state index in [1.165, 1.54) is 18.4 Å². The lowest BCUT2D eigenvalue weighted by Crippen LogP contribution is -2.45. The highest BCUT2D eigenvalue weighted by molar-refractivity contribution is 5.66. The number of rotatable bonds is 8. The Hall–Kier alpha value is -2.07. The van der Waals surface area contributed by atoms with Crippen molar-refractivity contribution in [2.45, 2.75) is 58.7 Å². The van der Waals surface area contributed by atoms with E-state index in [1.807, 2.05) is 12.3 Å². The number of nitrogens with zero attached hydrogens (tertiary/aromatic N) is 3. The Bertz CT molecular complexity index is 678. The number of hydrogen-bond donors (Lipinski definition) is 1. The van der Waals surface area contributed by atoms with E-state index in [4.69, 9.17) is 4.98 Å². The maximum Gasteiger partial charge on any atom is 0.152 e. The van der Waals surface area contributed by atoms with Crippen molar-refractivity contribution in [3.63, 3.8) is 0 Å². The monoisotopic (exact) mass is 366 g/mol. The Kier molecular flexibility index (Phi) is 7.11. The van der Waals surface area contributed by atoms with Crippen LogP contribution < -0.4 is 10.2 Å². The second kappa shape index (κ2) is 9.75. The maximum atomic E-state index is 4.76. The molecule has 0 saturated carbocycles. The minimum Gasteiger partial charge on any atom is -0.380 e. The Balaban J connectivity index is 1.67. The van der Waals surface area contributed by atoms with Crippen molar-refractivity contribution in [2.24, 2.45) is 0 Å². The number of hydrogen-bond acceptors (Lipinski definition) is 4. The lowest BCUT2D eigenvalue weighted by Gasteiger charge is -2.40. The van der Waals surface area contributed by atoms with Crippen LogP contribution in [0.1, 0.15) is 45.6 Å². The van der Waals surface area contributed by atoms with Crippen molar-refractivity contribution in [2.75, 3.05) is 29.9 Å². The fourth-order valence-corrected chi connectivity index (χ4v) is 3.98. The third-order valence-corrected chi connectivity index (χ3v) is 5.21. The Morgan fingerprint density at radius 3 is 2.52 bits per heavy atom. The van der Waals surface area contributed by atoms with Crippen LogP contribution in [0.15, 0.2) is 48.7 Å². The molecule has 1 aliphatic rings. The van der Waals surface area contributed by atoms with Crippen LogP contribution in [0.25, 0.3) is 0 Å². The molecule has 4 nitrogen and oxygen atoms in total. The Morgan fingerprint density at radius 1 is 1.11 bits per heavy atom. The van der Waals surface area contributed by atoms with Gasteiger partial charge in [0.25, 0.3) is 0 Å².